The normalized spacial score (nSPS) is 15.5. The second-order valence-corrected chi connectivity index (χ2v) is 3.75. The Morgan fingerprint density at radius 1 is 1.33 bits per heavy atom. The molecule has 0 unspecified atom stereocenters. The molecule has 0 bridgehead atoms. The number of amides is 1. The van der Waals surface area contributed by atoms with Crippen LogP contribution in [0.5, 0.6) is 0 Å². The summed E-state index contributed by atoms with van der Waals surface area (Å²) in [6, 6.07) is 7.72. The fourth-order valence-electron chi connectivity index (χ4n) is 1.78. The summed E-state index contributed by atoms with van der Waals surface area (Å²) in [6.45, 7) is 3.14. The summed E-state index contributed by atoms with van der Waals surface area (Å²) in [5, 5.41) is 0. The van der Waals surface area contributed by atoms with E-state index in [9.17, 15) is 4.79 Å². The SMILES string of the molecule is C[C@H](N)C(=O)N1Cc2ccccc2C1.Cl. The molecule has 0 fully saturated rings. The summed E-state index contributed by atoms with van der Waals surface area (Å²) in [4.78, 5) is 13.4. The van der Waals surface area contributed by atoms with Gasteiger partial charge in [-0.2, -0.15) is 0 Å². The number of carbonyl (C=O) groups is 1. The van der Waals surface area contributed by atoms with Crippen molar-refractivity contribution in [2.24, 2.45) is 5.73 Å². The Hall–Kier alpha value is -1.06. The number of rotatable bonds is 1. The molecule has 0 saturated heterocycles. The van der Waals surface area contributed by atoms with E-state index < -0.39 is 6.04 Å². The van der Waals surface area contributed by atoms with E-state index in [1.165, 1.54) is 11.1 Å². The third-order valence-electron chi connectivity index (χ3n) is 2.54. The number of hydrogen-bond acceptors (Lipinski definition) is 2. The van der Waals surface area contributed by atoms with Crippen LogP contribution >= 0.6 is 12.4 Å². The summed E-state index contributed by atoms with van der Waals surface area (Å²) in [5.41, 5.74) is 8.03. The van der Waals surface area contributed by atoms with Gasteiger partial charge in [0.1, 0.15) is 0 Å². The molecule has 2 N–H and O–H groups in total. The van der Waals surface area contributed by atoms with Crippen molar-refractivity contribution in [3.05, 3.63) is 35.4 Å². The zero-order valence-electron chi connectivity index (χ0n) is 8.64. The van der Waals surface area contributed by atoms with Gasteiger partial charge in [-0.05, 0) is 18.1 Å². The average molecular weight is 227 g/mol. The predicted molar refractivity (Wildman–Crippen MR) is 61.6 cm³/mol. The highest BCUT2D eigenvalue weighted by atomic mass is 35.5. The van der Waals surface area contributed by atoms with Crippen molar-refractivity contribution in [3.63, 3.8) is 0 Å². The lowest BCUT2D eigenvalue weighted by molar-refractivity contribution is -0.132. The molecule has 0 radical (unpaired) electrons. The Morgan fingerprint density at radius 3 is 2.20 bits per heavy atom. The molecule has 82 valence electrons. The molecule has 0 aliphatic carbocycles. The summed E-state index contributed by atoms with van der Waals surface area (Å²) in [7, 11) is 0. The van der Waals surface area contributed by atoms with Gasteiger partial charge in [-0.1, -0.05) is 24.3 Å². The molecule has 1 aliphatic rings. The highest BCUT2D eigenvalue weighted by molar-refractivity contribution is 5.85. The van der Waals surface area contributed by atoms with Crippen molar-refractivity contribution in [3.8, 4) is 0 Å². The van der Waals surface area contributed by atoms with E-state index in [2.05, 4.69) is 12.1 Å². The first kappa shape index (κ1) is 12.0. The second-order valence-electron chi connectivity index (χ2n) is 3.75. The molecule has 0 aromatic heterocycles. The summed E-state index contributed by atoms with van der Waals surface area (Å²) < 4.78 is 0. The maximum atomic E-state index is 11.6. The van der Waals surface area contributed by atoms with Crippen LogP contribution in [0.2, 0.25) is 0 Å². The number of hydrogen-bond donors (Lipinski definition) is 1. The van der Waals surface area contributed by atoms with Crippen molar-refractivity contribution < 1.29 is 4.79 Å². The van der Waals surface area contributed by atoms with Crippen LogP contribution in [0.15, 0.2) is 24.3 Å². The molecule has 3 nitrogen and oxygen atoms in total. The van der Waals surface area contributed by atoms with Gasteiger partial charge < -0.3 is 10.6 Å². The lowest BCUT2D eigenvalue weighted by atomic mass is 10.1. The minimum Gasteiger partial charge on any atom is -0.333 e. The topological polar surface area (TPSA) is 46.3 Å². The Balaban J connectivity index is 0.00000112. The third kappa shape index (κ3) is 2.30. The molecule has 1 aromatic rings. The van der Waals surface area contributed by atoms with Gasteiger partial charge in [0.15, 0.2) is 0 Å². The van der Waals surface area contributed by atoms with Gasteiger partial charge in [-0.15, -0.1) is 12.4 Å². The summed E-state index contributed by atoms with van der Waals surface area (Å²) in [6.07, 6.45) is 0. The van der Waals surface area contributed by atoms with Crippen molar-refractivity contribution in [1.29, 1.82) is 0 Å². The Labute approximate surface area is 95.7 Å². The van der Waals surface area contributed by atoms with Crippen LogP contribution in [0.1, 0.15) is 18.1 Å². The number of halogens is 1. The molecule has 2 rings (SSSR count). The molecule has 1 amide bonds. The standard InChI is InChI=1S/C11H14N2O.ClH/c1-8(12)11(14)13-6-9-4-2-3-5-10(9)7-13;/h2-5,8H,6-7,12H2,1H3;1H/t8-;/m0./s1. The van der Waals surface area contributed by atoms with Crippen LogP contribution in [0.4, 0.5) is 0 Å². The monoisotopic (exact) mass is 226 g/mol. The Kier molecular flexibility index (Phi) is 3.72. The van der Waals surface area contributed by atoms with E-state index >= 15 is 0 Å². The Morgan fingerprint density at radius 2 is 1.80 bits per heavy atom. The lowest BCUT2D eigenvalue weighted by Crippen LogP contribution is -2.38. The van der Waals surface area contributed by atoms with Crippen molar-refractivity contribution in [2.75, 3.05) is 0 Å². The van der Waals surface area contributed by atoms with Crippen LogP contribution in [-0.4, -0.2) is 16.8 Å². The van der Waals surface area contributed by atoms with Crippen LogP contribution < -0.4 is 5.73 Å². The van der Waals surface area contributed by atoms with E-state index in [1.807, 2.05) is 12.1 Å². The third-order valence-corrected chi connectivity index (χ3v) is 2.54. The fraction of sp³-hybridized carbons (Fsp3) is 0.364. The molecule has 1 aromatic carbocycles. The van der Waals surface area contributed by atoms with Gasteiger partial charge in [-0.25, -0.2) is 0 Å². The fourth-order valence-corrected chi connectivity index (χ4v) is 1.78. The summed E-state index contributed by atoms with van der Waals surface area (Å²) >= 11 is 0. The second kappa shape index (κ2) is 4.64. The van der Waals surface area contributed by atoms with Crippen LogP contribution in [0, 0.1) is 0 Å². The number of nitrogens with zero attached hydrogens (tertiary/aromatic N) is 1. The van der Waals surface area contributed by atoms with Crippen LogP contribution in [0.25, 0.3) is 0 Å². The van der Waals surface area contributed by atoms with Crippen molar-refractivity contribution in [2.45, 2.75) is 26.1 Å². The van der Waals surface area contributed by atoms with Crippen LogP contribution in [0.3, 0.4) is 0 Å². The van der Waals surface area contributed by atoms with Crippen molar-refractivity contribution in [1.82, 2.24) is 4.90 Å². The highest BCUT2D eigenvalue weighted by Crippen LogP contribution is 2.22. The first-order valence-electron chi connectivity index (χ1n) is 4.79. The van der Waals surface area contributed by atoms with E-state index in [0.29, 0.717) is 13.1 Å². The molecule has 0 saturated carbocycles. The highest BCUT2D eigenvalue weighted by Gasteiger charge is 2.24. The molecular weight excluding hydrogens is 212 g/mol. The minimum absolute atomic E-state index is 0. The van der Waals surface area contributed by atoms with Gasteiger partial charge in [0.2, 0.25) is 5.91 Å². The molecule has 15 heavy (non-hydrogen) atoms. The first-order valence-corrected chi connectivity index (χ1v) is 4.79. The van der Waals surface area contributed by atoms with Gasteiger partial charge in [0.25, 0.3) is 0 Å². The average Bonchev–Trinajstić information content (AvgIpc) is 2.59. The number of nitrogens with two attached hydrogens (primary N) is 1. The molecule has 1 heterocycles. The van der Waals surface area contributed by atoms with Gasteiger partial charge in [0, 0.05) is 13.1 Å². The van der Waals surface area contributed by atoms with Gasteiger partial charge >= 0.3 is 0 Å². The maximum absolute atomic E-state index is 11.6. The van der Waals surface area contributed by atoms with E-state index in [-0.39, 0.29) is 18.3 Å². The quantitative estimate of drug-likeness (QED) is 0.785. The lowest BCUT2D eigenvalue weighted by Gasteiger charge is -2.17. The number of benzene rings is 1. The molecule has 1 atom stereocenters. The molecular formula is C11H15ClN2O. The molecule has 1 aliphatic heterocycles. The zero-order valence-corrected chi connectivity index (χ0v) is 9.46. The zero-order chi connectivity index (χ0) is 10.1. The Bertz CT molecular complexity index is 340. The van der Waals surface area contributed by atoms with Gasteiger partial charge in [0.05, 0.1) is 6.04 Å². The predicted octanol–water partition coefficient (Wildman–Crippen LogP) is 1.30. The number of fused-ring (bicyclic) bond motifs is 1. The van der Waals surface area contributed by atoms with Gasteiger partial charge in [-0.3, -0.25) is 4.79 Å². The largest absolute Gasteiger partial charge is 0.333 e. The molecule has 4 heteroatoms. The maximum Gasteiger partial charge on any atom is 0.239 e. The number of carbonyl (C=O) groups excluding carboxylic acids is 1. The van der Waals surface area contributed by atoms with E-state index in [4.69, 9.17) is 5.73 Å². The minimum atomic E-state index is -0.399. The molecule has 0 spiro atoms. The van der Waals surface area contributed by atoms with E-state index in [1.54, 1.807) is 11.8 Å². The summed E-state index contributed by atoms with van der Waals surface area (Å²) in [5.74, 6) is 0.0289. The smallest absolute Gasteiger partial charge is 0.239 e. The van der Waals surface area contributed by atoms with E-state index in [0.717, 1.165) is 0 Å². The van der Waals surface area contributed by atoms with Crippen molar-refractivity contribution >= 4 is 18.3 Å². The van der Waals surface area contributed by atoms with Crippen LogP contribution in [-0.2, 0) is 17.9 Å². The first-order chi connectivity index (χ1) is 6.68.